The van der Waals surface area contributed by atoms with Crippen molar-refractivity contribution in [3.05, 3.63) is 51.4 Å². The second-order valence-electron chi connectivity index (χ2n) is 6.38. The highest BCUT2D eigenvalue weighted by Crippen LogP contribution is 2.17. The van der Waals surface area contributed by atoms with E-state index in [1.165, 1.54) is 14.0 Å². The molecule has 0 spiro atoms. The van der Waals surface area contributed by atoms with E-state index in [1.807, 2.05) is 6.07 Å². The molecule has 0 aliphatic heterocycles. The summed E-state index contributed by atoms with van der Waals surface area (Å²) in [6.45, 7) is 6.69. The van der Waals surface area contributed by atoms with Crippen molar-refractivity contribution >= 4 is 5.97 Å². The van der Waals surface area contributed by atoms with Crippen LogP contribution in [0.25, 0.3) is 5.69 Å². The third-order valence-corrected chi connectivity index (χ3v) is 3.36. The Morgan fingerprint density at radius 3 is 2.32 bits per heavy atom. The lowest BCUT2D eigenvalue weighted by molar-refractivity contribution is 0.00597. The lowest BCUT2D eigenvalue weighted by atomic mass is 10.1. The van der Waals surface area contributed by atoms with Crippen LogP contribution in [-0.4, -0.2) is 28.5 Å². The van der Waals surface area contributed by atoms with Gasteiger partial charge in [0.1, 0.15) is 23.0 Å². The molecule has 0 N–H and O–H groups in total. The predicted molar refractivity (Wildman–Crippen MR) is 91.0 cm³/mol. The molecular weight excluding hydrogens is 322 g/mol. The van der Waals surface area contributed by atoms with Gasteiger partial charge in [-0.25, -0.2) is 4.79 Å². The fraction of sp³-hybridized carbons (Fsp3) is 0.333. The lowest BCUT2D eigenvalue weighted by Gasteiger charge is -2.20. The second kappa shape index (κ2) is 6.77. The number of esters is 1. The van der Waals surface area contributed by atoms with Crippen molar-refractivity contribution in [2.75, 3.05) is 7.11 Å². The van der Waals surface area contributed by atoms with Gasteiger partial charge in [0.25, 0.3) is 5.56 Å². The number of hydrogen-bond acceptors (Lipinski definition) is 6. The smallest absolute Gasteiger partial charge is 0.359 e. The van der Waals surface area contributed by atoms with Gasteiger partial charge in [-0.2, -0.15) is 15.0 Å². The highest BCUT2D eigenvalue weighted by atomic mass is 16.6. The first kappa shape index (κ1) is 18.2. The number of benzene rings is 1. The van der Waals surface area contributed by atoms with Gasteiger partial charge in [-0.1, -0.05) is 0 Å². The first-order chi connectivity index (χ1) is 11.7. The Morgan fingerprint density at radius 2 is 1.84 bits per heavy atom. The van der Waals surface area contributed by atoms with E-state index in [9.17, 15) is 14.9 Å². The van der Waals surface area contributed by atoms with Crippen LogP contribution in [0.1, 0.15) is 42.4 Å². The first-order valence-electron chi connectivity index (χ1n) is 7.59. The monoisotopic (exact) mass is 341 g/mol. The number of nitrogens with zero attached hydrogens (tertiary/aromatic N) is 3. The van der Waals surface area contributed by atoms with Crippen molar-refractivity contribution in [2.45, 2.75) is 33.3 Å². The molecule has 0 radical (unpaired) electrons. The molecule has 0 unspecified atom stereocenters. The number of carbonyl (C=O) groups excluding carboxylic acids is 1. The molecule has 7 heteroatoms. The number of hydrogen-bond donors (Lipinski definition) is 0. The molecule has 2 aromatic rings. The Morgan fingerprint density at radius 1 is 1.24 bits per heavy atom. The van der Waals surface area contributed by atoms with Gasteiger partial charge in [0, 0.05) is 5.56 Å². The van der Waals surface area contributed by atoms with Crippen LogP contribution in [0.3, 0.4) is 0 Å². The van der Waals surface area contributed by atoms with E-state index < -0.39 is 17.1 Å². The number of aromatic nitrogens is 2. The normalized spacial score (nSPS) is 10.9. The van der Waals surface area contributed by atoms with Crippen LogP contribution in [0.15, 0.2) is 29.1 Å². The molecule has 0 aliphatic carbocycles. The van der Waals surface area contributed by atoms with Crippen molar-refractivity contribution in [3.63, 3.8) is 0 Å². The number of rotatable bonds is 3. The molecule has 0 saturated carbocycles. The average molecular weight is 341 g/mol. The molecule has 25 heavy (non-hydrogen) atoms. The van der Waals surface area contributed by atoms with Crippen LogP contribution in [0.2, 0.25) is 0 Å². The van der Waals surface area contributed by atoms with Crippen molar-refractivity contribution in [1.82, 2.24) is 9.78 Å². The molecule has 0 fully saturated rings. The Labute approximate surface area is 145 Å². The number of nitriles is 1. The zero-order chi connectivity index (χ0) is 18.8. The number of methoxy groups -OCH3 is 1. The van der Waals surface area contributed by atoms with E-state index in [0.717, 1.165) is 4.68 Å². The minimum Gasteiger partial charge on any atom is -0.497 e. The Kier molecular flexibility index (Phi) is 4.93. The Bertz CT molecular complexity index is 900. The highest BCUT2D eigenvalue weighted by Gasteiger charge is 2.25. The van der Waals surface area contributed by atoms with Crippen LogP contribution < -0.4 is 10.3 Å². The van der Waals surface area contributed by atoms with Crippen LogP contribution >= 0.6 is 0 Å². The molecule has 1 aromatic carbocycles. The summed E-state index contributed by atoms with van der Waals surface area (Å²) < 4.78 is 11.4. The quantitative estimate of drug-likeness (QED) is 0.796. The minimum absolute atomic E-state index is 0.0677. The Balaban J connectivity index is 2.65. The third kappa shape index (κ3) is 3.86. The van der Waals surface area contributed by atoms with E-state index >= 15 is 0 Å². The molecular formula is C18H19N3O4. The molecule has 0 bridgehead atoms. The van der Waals surface area contributed by atoms with E-state index in [2.05, 4.69) is 5.10 Å². The summed E-state index contributed by atoms with van der Waals surface area (Å²) in [4.78, 5) is 24.9. The lowest BCUT2D eigenvalue weighted by Crippen LogP contribution is -2.31. The maximum absolute atomic E-state index is 12.5. The first-order valence-corrected chi connectivity index (χ1v) is 7.59. The molecule has 0 aliphatic rings. The maximum atomic E-state index is 12.5. The second-order valence-corrected chi connectivity index (χ2v) is 6.38. The minimum atomic E-state index is -0.723. The number of ether oxygens (including phenoxy) is 2. The molecule has 2 rings (SSSR count). The SMILES string of the molecule is COc1ccc(-n2nc(C(=O)OC(C)(C)C)c(C)c(C#N)c2=O)cc1. The van der Waals surface area contributed by atoms with Crippen LogP contribution in [-0.2, 0) is 4.74 Å². The summed E-state index contributed by atoms with van der Waals surface area (Å²) in [5, 5.41) is 13.5. The largest absolute Gasteiger partial charge is 0.497 e. The standard InChI is InChI=1S/C18H19N3O4/c1-11-14(10-19)16(22)21(12-6-8-13(24-5)9-7-12)20-15(11)17(23)25-18(2,3)4/h6-9H,1-5H3. The van der Waals surface area contributed by atoms with Gasteiger partial charge in [0.05, 0.1) is 12.8 Å². The fourth-order valence-corrected chi connectivity index (χ4v) is 2.16. The summed E-state index contributed by atoms with van der Waals surface area (Å²) in [5.41, 5.74) is -0.927. The zero-order valence-electron chi connectivity index (χ0n) is 14.8. The van der Waals surface area contributed by atoms with E-state index in [0.29, 0.717) is 11.4 Å². The zero-order valence-corrected chi connectivity index (χ0v) is 14.8. The molecule has 0 atom stereocenters. The van der Waals surface area contributed by atoms with Crippen molar-refractivity contribution in [2.24, 2.45) is 0 Å². The van der Waals surface area contributed by atoms with Gasteiger partial charge in [0.2, 0.25) is 0 Å². The van der Waals surface area contributed by atoms with Gasteiger partial charge in [-0.05, 0) is 52.0 Å². The summed E-state index contributed by atoms with van der Waals surface area (Å²) in [7, 11) is 1.53. The van der Waals surface area contributed by atoms with E-state index in [4.69, 9.17) is 9.47 Å². The van der Waals surface area contributed by atoms with Gasteiger partial charge in [-0.3, -0.25) is 4.79 Å². The van der Waals surface area contributed by atoms with E-state index in [-0.39, 0.29) is 16.8 Å². The summed E-state index contributed by atoms with van der Waals surface area (Å²) >= 11 is 0. The van der Waals surface area contributed by atoms with Crippen LogP contribution in [0.5, 0.6) is 5.75 Å². The fourth-order valence-electron chi connectivity index (χ4n) is 2.16. The van der Waals surface area contributed by atoms with Gasteiger partial charge >= 0.3 is 5.97 Å². The molecule has 0 amide bonds. The van der Waals surface area contributed by atoms with Gasteiger partial charge < -0.3 is 9.47 Å². The molecule has 0 saturated heterocycles. The summed E-state index contributed by atoms with van der Waals surface area (Å²) in [6, 6.07) is 8.39. The van der Waals surface area contributed by atoms with Crippen molar-refractivity contribution in [3.8, 4) is 17.5 Å². The highest BCUT2D eigenvalue weighted by molar-refractivity contribution is 5.89. The molecule has 1 heterocycles. The third-order valence-electron chi connectivity index (χ3n) is 3.36. The van der Waals surface area contributed by atoms with Crippen molar-refractivity contribution in [1.29, 1.82) is 5.26 Å². The van der Waals surface area contributed by atoms with E-state index in [1.54, 1.807) is 45.0 Å². The number of carbonyl (C=O) groups is 1. The molecule has 1 aromatic heterocycles. The summed E-state index contributed by atoms with van der Waals surface area (Å²) in [6.07, 6.45) is 0. The Hall–Kier alpha value is -3.14. The van der Waals surface area contributed by atoms with Crippen LogP contribution in [0.4, 0.5) is 0 Å². The topological polar surface area (TPSA) is 94.2 Å². The molecule has 7 nitrogen and oxygen atoms in total. The summed E-state index contributed by atoms with van der Waals surface area (Å²) in [5.74, 6) is -0.0828. The maximum Gasteiger partial charge on any atom is 0.359 e. The molecule has 130 valence electrons. The predicted octanol–water partition coefficient (Wildman–Crippen LogP) is 2.38. The van der Waals surface area contributed by atoms with Crippen LogP contribution in [0, 0.1) is 18.3 Å². The van der Waals surface area contributed by atoms with Gasteiger partial charge in [0.15, 0.2) is 5.69 Å². The van der Waals surface area contributed by atoms with Crippen molar-refractivity contribution < 1.29 is 14.3 Å². The average Bonchev–Trinajstić information content (AvgIpc) is 2.54. The van der Waals surface area contributed by atoms with Gasteiger partial charge in [-0.15, -0.1) is 0 Å².